The zero-order valence-corrected chi connectivity index (χ0v) is 13.4. The number of aromatic nitrogens is 1. The maximum Gasteiger partial charge on any atom is 0.177 e. The minimum Gasteiger partial charge on any atom is -0.497 e. The van der Waals surface area contributed by atoms with Crippen LogP contribution in [0.5, 0.6) is 5.75 Å². The minimum absolute atomic E-state index is 0.246. The Kier molecular flexibility index (Phi) is 3.78. The standard InChI is InChI=1S/C16H18N2O3S/c1-21-14-4-3-12-7-8-18(11-13(12)9-14)16-6-5-15(10-17-16)22(2,19)20/h3-6,9-10H,7-8,11H2,1-2H3. The molecule has 0 saturated carbocycles. The molecule has 22 heavy (non-hydrogen) atoms. The number of rotatable bonds is 3. The van der Waals surface area contributed by atoms with Gasteiger partial charge in [-0.1, -0.05) is 6.07 Å². The number of methoxy groups -OCH3 is 1. The Balaban J connectivity index is 1.85. The van der Waals surface area contributed by atoms with Crippen molar-refractivity contribution in [2.75, 3.05) is 24.8 Å². The van der Waals surface area contributed by atoms with Gasteiger partial charge in [0.25, 0.3) is 0 Å². The highest BCUT2D eigenvalue weighted by molar-refractivity contribution is 7.90. The van der Waals surface area contributed by atoms with Crippen LogP contribution in [0.25, 0.3) is 0 Å². The van der Waals surface area contributed by atoms with E-state index in [9.17, 15) is 8.42 Å². The van der Waals surface area contributed by atoms with Crippen LogP contribution in [0.15, 0.2) is 41.4 Å². The predicted octanol–water partition coefficient (Wildman–Crippen LogP) is 2.06. The van der Waals surface area contributed by atoms with Crippen LogP contribution >= 0.6 is 0 Å². The van der Waals surface area contributed by atoms with Gasteiger partial charge in [-0.15, -0.1) is 0 Å². The van der Waals surface area contributed by atoms with E-state index in [0.717, 1.165) is 31.1 Å². The van der Waals surface area contributed by atoms with Gasteiger partial charge in [-0.3, -0.25) is 0 Å². The van der Waals surface area contributed by atoms with E-state index in [1.54, 1.807) is 19.2 Å². The van der Waals surface area contributed by atoms with E-state index in [2.05, 4.69) is 16.0 Å². The van der Waals surface area contributed by atoms with Crippen LogP contribution in [-0.2, 0) is 22.8 Å². The molecule has 5 nitrogen and oxygen atoms in total. The molecule has 2 aromatic rings. The summed E-state index contributed by atoms with van der Waals surface area (Å²) >= 11 is 0. The number of sulfone groups is 1. The summed E-state index contributed by atoms with van der Waals surface area (Å²) in [5, 5.41) is 0. The van der Waals surface area contributed by atoms with Crippen molar-refractivity contribution in [1.29, 1.82) is 0 Å². The predicted molar refractivity (Wildman–Crippen MR) is 85.1 cm³/mol. The Hall–Kier alpha value is -2.08. The van der Waals surface area contributed by atoms with Crippen molar-refractivity contribution in [3.63, 3.8) is 0 Å². The van der Waals surface area contributed by atoms with Gasteiger partial charge >= 0.3 is 0 Å². The number of pyridine rings is 1. The molecule has 2 heterocycles. The molecule has 0 atom stereocenters. The third-order valence-electron chi connectivity index (χ3n) is 3.90. The lowest BCUT2D eigenvalue weighted by atomic mass is 9.99. The fourth-order valence-electron chi connectivity index (χ4n) is 2.63. The molecule has 0 N–H and O–H groups in total. The number of benzene rings is 1. The van der Waals surface area contributed by atoms with E-state index in [0.29, 0.717) is 0 Å². The molecule has 1 aliphatic rings. The zero-order chi connectivity index (χ0) is 15.7. The van der Waals surface area contributed by atoms with Crippen molar-refractivity contribution < 1.29 is 13.2 Å². The third kappa shape index (κ3) is 2.92. The highest BCUT2D eigenvalue weighted by atomic mass is 32.2. The second kappa shape index (κ2) is 5.61. The first kappa shape index (κ1) is 14.8. The van der Waals surface area contributed by atoms with Gasteiger partial charge in [0.1, 0.15) is 11.6 Å². The van der Waals surface area contributed by atoms with Crippen LogP contribution in [-0.4, -0.2) is 33.3 Å². The average Bonchev–Trinajstić information content (AvgIpc) is 2.53. The Bertz CT molecular complexity index is 786. The summed E-state index contributed by atoms with van der Waals surface area (Å²) in [6, 6.07) is 9.51. The average molecular weight is 318 g/mol. The maximum absolute atomic E-state index is 11.5. The first-order valence-corrected chi connectivity index (χ1v) is 8.93. The Labute approximate surface area is 130 Å². The summed E-state index contributed by atoms with van der Waals surface area (Å²) in [5.41, 5.74) is 2.55. The minimum atomic E-state index is -3.21. The number of fused-ring (bicyclic) bond motifs is 1. The van der Waals surface area contributed by atoms with Crippen LogP contribution in [0.2, 0.25) is 0 Å². The maximum atomic E-state index is 11.5. The van der Waals surface area contributed by atoms with Gasteiger partial charge in [0.05, 0.1) is 12.0 Å². The molecule has 116 valence electrons. The summed E-state index contributed by atoms with van der Waals surface area (Å²) < 4.78 is 28.2. The molecule has 0 fully saturated rings. The van der Waals surface area contributed by atoms with Crippen molar-refractivity contribution in [3.8, 4) is 5.75 Å². The van der Waals surface area contributed by atoms with Crippen LogP contribution in [0, 0.1) is 0 Å². The van der Waals surface area contributed by atoms with E-state index in [4.69, 9.17) is 4.74 Å². The molecule has 6 heteroatoms. The van der Waals surface area contributed by atoms with Gasteiger partial charge in [-0.05, 0) is 41.8 Å². The molecule has 0 spiro atoms. The smallest absolute Gasteiger partial charge is 0.177 e. The third-order valence-corrected chi connectivity index (χ3v) is 5.00. The molecule has 1 aromatic carbocycles. The topological polar surface area (TPSA) is 59.5 Å². The molecular formula is C16H18N2O3S. The Morgan fingerprint density at radius 1 is 1.18 bits per heavy atom. The fourth-order valence-corrected chi connectivity index (χ4v) is 3.19. The van der Waals surface area contributed by atoms with E-state index in [1.807, 2.05) is 12.1 Å². The molecule has 0 aliphatic carbocycles. The van der Waals surface area contributed by atoms with Crippen molar-refractivity contribution in [3.05, 3.63) is 47.7 Å². The summed E-state index contributed by atoms with van der Waals surface area (Å²) in [7, 11) is -1.55. The molecule has 0 radical (unpaired) electrons. The first-order chi connectivity index (χ1) is 10.5. The second-order valence-corrected chi connectivity index (χ2v) is 7.45. The van der Waals surface area contributed by atoms with Crippen molar-refractivity contribution in [2.24, 2.45) is 0 Å². The number of ether oxygens (including phenoxy) is 1. The van der Waals surface area contributed by atoms with Crippen molar-refractivity contribution >= 4 is 15.7 Å². The number of hydrogen-bond donors (Lipinski definition) is 0. The lowest BCUT2D eigenvalue weighted by Gasteiger charge is -2.30. The number of hydrogen-bond acceptors (Lipinski definition) is 5. The molecule has 0 saturated heterocycles. The fraction of sp³-hybridized carbons (Fsp3) is 0.312. The van der Waals surface area contributed by atoms with E-state index in [-0.39, 0.29) is 4.90 Å². The summed E-state index contributed by atoms with van der Waals surface area (Å²) in [6.45, 7) is 1.61. The normalized spacial score (nSPS) is 14.5. The molecule has 1 aliphatic heterocycles. The van der Waals surface area contributed by atoms with Crippen molar-refractivity contribution in [1.82, 2.24) is 4.98 Å². The molecule has 0 amide bonds. The van der Waals surface area contributed by atoms with E-state index < -0.39 is 9.84 Å². The van der Waals surface area contributed by atoms with Crippen LogP contribution < -0.4 is 9.64 Å². The quantitative estimate of drug-likeness (QED) is 0.867. The van der Waals surface area contributed by atoms with Crippen LogP contribution in [0.3, 0.4) is 0 Å². The summed E-state index contributed by atoms with van der Waals surface area (Å²) in [4.78, 5) is 6.69. The van der Waals surface area contributed by atoms with Gasteiger partial charge < -0.3 is 9.64 Å². The zero-order valence-electron chi connectivity index (χ0n) is 12.6. The Morgan fingerprint density at radius 2 is 2.00 bits per heavy atom. The second-order valence-electron chi connectivity index (χ2n) is 5.43. The van der Waals surface area contributed by atoms with Gasteiger partial charge in [0.2, 0.25) is 0 Å². The largest absolute Gasteiger partial charge is 0.497 e. The molecule has 0 bridgehead atoms. The summed E-state index contributed by atoms with van der Waals surface area (Å²) in [6.07, 6.45) is 3.55. The SMILES string of the molecule is COc1ccc2c(c1)CN(c1ccc(S(C)(=O)=O)cn1)CC2. The summed E-state index contributed by atoms with van der Waals surface area (Å²) in [5.74, 6) is 1.64. The van der Waals surface area contributed by atoms with E-state index in [1.165, 1.54) is 23.6 Å². The van der Waals surface area contributed by atoms with Gasteiger partial charge in [0.15, 0.2) is 9.84 Å². The van der Waals surface area contributed by atoms with Gasteiger partial charge in [-0.2, -0.15) is 0 Å². The highest BCUT2D eigenvalue weighted by Crippen LogP contribution is 2.26. The van der Waals surface area contributed by atoms with Crippen LogP contribution in [0.4, 0.5) is 5.82 Å². The monoisotopic (exact) mass is 318 g/mol. The molecular weight excluding hydrogens is 300 g/mol. The lowest BCUT2D eigenvalue weighted by molar-refractivity contribution is 0.413. The first-order valence-electron chi connectivity index (χ1n) is 7.04. The van der Waals surface area contributed by atoms with E-state index >= 15 is 0 Å². The van der Waals surface area contributed by atoms with Crippen LogP contribution in [0.1, 0.15) is 11.1 Å². The van der Waals surface area contributed by atoms with Crippen molar-refractivity contribution in [2.45, 2.75) is 17.9 Å². The number of anilines is 1. The van der Waals surface area contributed by atoms with Gasteiger partial charge in [0, 0.05) is 25.5 Å². The van der Waals surface area contributed by atoms with Gasteiger partial charge in [-0.25, -0.2) is 13.4 Å². The molecule has 3 rings (SSSR count). The molecule has 0 unspecified atom stereocenters. The lowest BCUT2D eigenvalue weighted by Crippen LogP contribution is -2.31. The number of nitrogens with zero attached hydrogens (tertiary/aromatic N) is 2. The molecule has 1 aromatic heterocycles. The Morgan fingerprint density at radius 3 is 2.64 bits per heavy atom. The highest BCUT2D eigenvalue weighted by Gasteiger charge is 2.18.